The normalized spacial score (nSPS) is 12.9. The highest BCUT2D eigenvalue weighted by molar-refractivity contribution is 7.90. The monoisotopic (exact) mass is 419 g/mol. The van der Waals surface area contributed by atoms with Crippen LogP contribution in [0, 0.1) is 0 Å². The summed E-state index contributed by atoms with van der Waals surface area (Å²) in [4.78, 5) is 23.9. The van der Waals surface area contributed by atoms with Gasteiger partial charge in [-0.2, -0.15) is 0 Å². The van der Waals surface area contributed by atoms with E-state index >= 15 is 0 Å². The van der Waals surface area contributed by atoms with E-state index in [4.69, 9.17) is 14.2 Å². The first-order valence-corrected chi connectivity index (χ1v) is 10.8. The second-order valence-corrected chi connectivity index (χ2v) is 8.47. The summed E-state index contributed by atoms with van der Waals surface area (Å²) in [5.74, 6) is 0.270. The number of ether oxygens (including phenoxy) is 3. The average Bonchev–Trinajstić information content (AvgIpc) is 2.71. The van der Waals surface area contributed by atoms with Crippen LogP contribution in [0.15, 0.2) is 47.4 Å². The minimum atomic E-state index is -3.34. The molecular formula is C20H21NO7S. The number of carbonyl (C=O) groups excluding carboxylic acids is 2. The summed E-state index contributed by atoms with van der Waals surface area (Å²) in [6.07, 6.45) is 1.67. The topological polar surface area (TPSA) is 108 Å². The van der Waals surface area contributed by atoms with Crippen LogP contribution < -0.4 is 14.8 Å². The van der Waals surface area contributed by atoms with Crippen LogP contribution in [0.3, 0.4) is 0 Å². The number of esters is 1. The Hall–Kier alpha value is -3.07. The predicted octanol–water partition coefficient (Wildman–Crippen LogP) is 1.38. The van der Waals surface area contributed by atoms with Crippen molar-refractivity contribution in [1.29, 1.82) is 0 Å². The minimum Gasteiger partial charge on any atom is -0.486 e. The zero-order valence-corrected chi connectivity index (χ0v) is 16.7. The summed E-state index contributed by atoms with van der Waals surface area (Å²) < 4.78 is 38.8. The van der Waals surface area contributed by atoms with Crippen molar-refractivity contribution in [2.75, 3.05) is 32.6 Å². The maximum atomic E-state index is 12.0. The number of nitrogens with one attached hydrogen (secondary N) is 1. The van der Waals surface area contributed by atoms with E-state index in [0.29, 0.717) is 37.7 Å². The largest absolute Gasteiger partial charge is 0.486 e. The van der Waals surface area contributed by atoms with Gasteiger partial charge in [-0.3, -0.25) is 4.79 Å². The van der Waals surface area contributed by atoms with Crippen LogP contribution in [-0.2, 0) is 25.8 Å². The quantitative estimate of drug-likeness (QED) is 0.676. The predicted molar refractivity (Wildman–Crippen MR) is 104 cm³/mol. The van der Waals surface area contributed by atoms with Gasteiger partial charge in [0, 0.05) is 12.8 Å². The van der Waals surface area contributed by atoms with Crippen LogP contribution in [0.5, 0.6) is 11.5 Å². The molecule has 3 rings (SSSR count). The van der Waals surface area contributed by atoms with Crippen LogP contribution in [0.4, 0.5) is 0 Å². The Morgan fingerprint density at radius 2 is 1.72 bits per heavy atom. The second-order valence-electron chi connectivity index (χ2n) is 6.45. The number of hydrogen-bond donors (Lipinski definition) is 1. The molecule has 0 aromatic heterocycles. The summed E-state index contributed by atoms with van der Waals surface area (Å²) in [5, 5.41) is 2.68. The molecule has 9 heteroatoms. The molecule has 0 bridgehead atoms. The Kier molecular flexibility index (Phi) is 6.38. The van der Waals surface area contributed by atoms with Crippen LogP contribution in [0.1, 0.15) is 15.9 Å². The van der Waals surface area contributed by atoms with E-state index in [-0.39, 0.29) is 10.5 Å². The molecule has 1 aliphatic rings. The van der Waals surface area contributed by atoms with Crippen molar-refractivity contribution in [3.63, 3.8) is 0 Å². The van der Waals surface area contributed by atoms with Crippen molar-refractivity contribution in [2.45, 2.75) is 11.3 Å². The van der Waals surface area contributed by atoms with Gasteiger partial charge in [0.1, 0.15) is 13.2 Å². The average molecular weight is 419 g/mol. The molecule has 1 amide bonds. The molecule has 0 saturated heterocycles. The lowest BCUT2D eigenvalue weighted by Crippen LogP contribution is -2.30. The highest BCUT2D eigenvalue weighted by atomic mass is 32.2. The summed E-state index contributed by atoms with van der Waals surface area (Å²) in [6, 6.07) is 10.9. The number of hydrogen-bond acceptors (Lipinski definition) is 7. The van der Waals surface area contributed by atoms with Gasteiger partial charge >= 0.3 is 5.97 Å². The standard InChI is InChI=1S/C20H21NO7S/c1-29(24,25)16-5-3-15(4-6-16)20(23)28-13-19(22)21-9-8-14-2-7-17-18(12-14)27-11-10-26-17/h2-7,12H,8-11,13H2,1H3,(H,21,22). The third kappa shape index (κ3) is 5.71. The van der Waals surface area contributed by atoms with Gasteiger partial charge in [-0.1, -0.05) is 6.07 Å². The number of carbonyl (C=O) groups is 2. The Balaban J connectivity index is 1.42. The van der Waals surface area contributed by atoms with Crippen LogP contribution in [-0.4, -0.2) is 52.9 Å². The number of amides is 1. The third-order valence-corrected chi connectivity index (χ3v) is 5.32. The molecule has 0 spiro atoms. The molecule has 1 heterocycles. The van der Waals surface area contributed by atoms with Gasteiger partial charge < -0.3 is 19.5 Å². The Morgan fingerprint density at radius 1 is 1.03 bits per heavy atom. The molecule has 1 N–H and O–H groups in total. The van der Waals surface area contributed by atoms with Gasteiger partial charge in [-0.05, 0) is 48.4 Å². The molecule has 0 fully saturated rings. The van der Waals surface area contributed by atoms with E-state index in [2.05, 4.69) is 5.32 Å². The molecule has 0 unspecified atom stereocenters. The zero-order chi connectivity index (χ0) is 20.9. The molecule has 0 atom stereocenters. The fourth-order valence-corrected chi connectivity index (χ4v) is 3.32. The van der Waals surface area contributed by atoms with Gasteiger partial charge in [0.05, 0.1) is 10.5 Å². The Bertz CT molecular complexity index is 1000. The van der Waals surface area contributed by atoms with Gasteiger partial charge in [0.15, 0.2) is 27.9 Å². The van der Waals surface area contributed by atoms with Crippen molar-refractivity contribution >= 4 is 21.7 Å². The number of rotatable bonds is 7. The van der Waals surface area contributed by atoms with Crippen LogP contribution in [0.2, 0.25) is 0 Å². The van der Waals surface area contributed by atoms with Crippen LogP contribution in [0.25, 0.3) is 0 Å². The van der Waals surface area contributed by atoms with Crippen molar-refractivity contribution in [2.24, 2.45) is 0 Å². The smallest absolute Gasteiger partial charge is 0.338 e. The van der Waals surface area contributed by atoms with Gasteiger partial charge in [0.25, 0.3) is 5.91 Å². The zero-order valence-electron chi connectivity index (χ0n) is 15.8. The van der Waals surface area contributed by atoms with Crippen molar-refractivity contribution < 1.29 is 32.2 Å². The van der Waals surface area contributed by atoms with Gasteiger partial charge in [-0.15, -0.1) is 0 Å². The maximum Gasteiger partial charge on any atom is 0.338 e. The summed E-state index contributed by atoms with van der Waals surface area (Å²) in [6.45, 7) is 0.991. The molecule has 8 nitrogen and oxygen atoms in total. The van der Waals surface area contributed by atoms with E-state index in [1.165, 1.54) is 24.3 Å². The third-order valence-electron chi connectivity index (χ3n) is 4.19. The molecule has 2 aromatic carbocycles. The van der Waals surface area contributed by atoms with E-state index in [0.717, 1.165) is 11.8 Å². The lowest BCUT2D eigenvalue weighted by molar-refractivity contribution is -0.124. The second kappa shape index (κ2) is 8.95. The number of fused-ring (bicyclic) bond motifs is 1. The van der Waals surface area contributed by atoms with E-state index < -0.39 is 28.3 Å². The number of sulfone groups is 1. The van der Waals surface area contributed by atoms with Crippen molar-refractivity contribution in [1.82, 2.24) is 5.32 Å². The molecule has 0 radical (unpaired) electrons. The first-order chi connectivity index (χ1) is 13.8. The van der Waals surface area contributed by atoms with Gasteiger partial charge in [-0.25, -0.2) is 13.2 Å². The SMILES string of the molecule is CS(=O)(=O)c1ccc(C(=O)OCC(=O)NCCc2ccc3c(c2)OCCO3)cc1. The first kappa shape index (κ1) is 20.7. The molecular weight excluding hydrogens is 398 g/mol. The maximum absolute atomic E-state index is 12.0. The Labute approximate surface area is 168 Å². The van der Waals surface area contributed by atoms with E-state index in [1.807, 2.05) is 18.2 Å². The fourth-order valence-electron chi connectivity index (χ4n) is 2.69. The molecule has 29 heavy (non-hydrogen) atoms. The minimum absolute atomic E-state index is 0.103. The highest BCUT2D eigenvalue weighted by Gasteiger charge is 2.14. The molecule has 0 saturated carbocycles. The number of benzene rings is 2. The first-order valence-electron chi connectivity index (χ1n) is 8.95. The van der Waals surface area contributed by atoms with E-state index in [1.54, 1.807) is 0 Å². The van der Waals surface area contributed by atoms with Crippen LogP contribution >= 0.6 is 0 Å². The summed E-state index contributed by atoms with van der Waals surface area (Å²) >= 11 is 0. The molecule has 2 aromatic rings. The summed E-state index contributed by atoms with van der Waals surface area (Å²) in [5.41, 5.74) is 1.15. The van der Waals surface area contributed by atoms with Crippen molar-refractivity contribution in [3.8, 4) is 11.5 Å². The molecule has 0 aliphatic carbocycles. The summed E-state index contributed by atoms with van der Waals surface area (Å²) in [7, 11) is -3.34. The lowest BCUT2D eigenvalue weighted by atomic mass is 10.1. The van der Waals surface area contributed by atoms with Crippen molar-refractivity contribution in [3.05, 3.63) is 53.6 Å². The highest BCUT2D eigenvalue weighted by Crippen LogP contribution is 2.30. The fraction of sp³-hybridized carbons (Fsp3) is 0.300. The molecule has 1 aliphatic heterocycles. The van der Waals surface area contributed by atoms with Gasteiger partial charge in [0.2, 0.25) is 0 Å². The Morgan fingerprint density at radius 3 is 2.41 bits per heavy atom. The van der Waals surface area contributed by atoms with E-state index in [9.17, 15) is 18.0 Å². The lowest BCUT2D eigenvalue weighted by Gasteiger charge is -2.18. The molecule has 154 valence electrons.